The number of aryl methyl sites for hydroxylation is 1. The maximum atomic E-state index is 14.2. The SMILES string of the molecule is Cc1ccccc1[C@H](NC(=O)c1ccc(N(Cc2ccccc2F)S(C)(=O)=O)cc1)c1ccccc1. The highest BCUT2D eigenvalue weighted by Gasteiger charge is 2.22. The number of carbonyl (C=O) groups excluding carboxylic acids is 1. The van der Waals surface area contributed by atoms with Crippen LogP contribution in [0.3, 0.4) is 0 Å². The molecule has 36 heavy (non-hydrogen) atoms. The van der Waals surface area contributed by atoms with Crippen molar-refractivity contribution in [1.29, 1.82) is 0 Å². The summed E-state index contributed by atoms with van der Waals surface area (Å²) in [5.74, 6) is -0.774. The van der Waals surface area contributed by atoms with E-state index in [4.69, 9.17) is 0 Å². The molecule has 0 spiro atoms. The van der Waals surface area contributed by atoms with Gasteiger partial charge in [-0.05, 0) is 53.9 Å². The second-order valence-corrected chi connectivity index (χ2v) is 10.5. The molecule has 0 saturated carbocycles. The molecule has 184 valence electrons. The van der Waals surface area contributed by atoms with Crippen molar-refractivity contribution >= 4 is 21.6 Å². The van der Waals surface area contributed by atoms with Gasteiger partial charge in [-0.25, -0.2) is 12.8 Å². The Morgan fingerprint density at radius 1 is 0.861 bits per heavy atom. The zero-order valence-electron chi connectivity index (χ0n) is 20.1. The molecule has 0 unspecified atom stereocenters. The second-order valence-electron chi connectivity index (χ2n) is 8.58. The van der Waals surface area contributed by atoms with Crippen molar-refractivity contribution in [3.8, 4) is 0 Å². The van der Waals surface area contributed by atoms with Gasteiger partial charge >= 0.3 is 0 Å². The van der Waals surface area contributed by atoms with Crippen LogP contribution in [0.2, 0.25) is 0 Å². The first-order chi connectivity index (χ1) is 17.2. The van der Waals surface area contributed by atoms with Gasteiger partial charge in [0.25, 0.3) is 5.91 Å². The second kappa shape index (κ2) is 10.7. The Morgan fingerprint density at radius 3 is 2.11 bits per heavy atom. The number of nitrogens with one attached hydrogen (secondary N) is 1. The Morgan fingerprint density at radius 2 is 1.47 bits per heavy atom. The van der Waals surface area contributed by atoms with E-state index in [1.807, 2.05) is 61.5 Å². The number of carbonyl (C=O) groups is 1. The molecule has 0 radical (unpaired) electrons. The normalized spacial score (nSPS) is 12.1. The highest BCUT2D eigenvalue weighted by atomic mass is 32.2. The number of anilines is 1. The first-order valence-electron chi connectivity index (χ1n) is 11.5. The standard InChI is InChI=1S/C29H27FN2O3S/c1-21-10-6-8-14-26(21)28(22-11-4-3-5-12-22)31-29(33)23-16-18-25(19-17-23)32(36(2,34)35)20-24-13-7-9-15-27(24)30/h3-19,28H,20H2,1-2H3,(H,31,33)/t28-/m1/s1. The molecule has 0 saturated heterocycles. The number of amides is 1. The summed E-state index contributed by atoms with van der Waals surface area (Å²) in [4.78, 5) is 13.2. The molecule has 0 bridgehead atoms. The van der Waals surface area contributed by atoms with Crippen LogP contribution in [-0.4, -0.2) is 20.6 Å². The Hall–Kier alpha value is -3.97. The molecule has 0 aliphatic heterocycles. The third-order valence-corrected chi connectivity index (χ3v) is 7.14. The molecule has 0 aliphatic rings. The van der Waals surface area contributed by atoms with Crippen molar-refractivity contribution in [3.63, 3.8) is 0 Å². The van der Waals surface area contributed by atoms with Crippen molar-refractivity contribution < 1.29 is 17.6 Å². The quantitative estimate of drug-likeness (QED) is 0.340. The van der Waals surface area contributed by atoms with E-state index in [0.29, 0.717) is 11.3 Å². The molecular weight excluding hydrogens is 475 g/mol. The minimum atomic E-state index is -3.70. The van der Waals surface area contributed by atoms with E-state index in [9.17, 15) is 17.6 Å². The number of nitrogens with zero attached hydrogens (tertiary/aromatic N) is 1. The molecule has 1 N–H and O–H groups in total. The molecule has 4 aromatic rings. The van der Waals surface area contributed by atoms with Gasteiger partial charge in [-0.15, -0.1) is 0 Å². The fraction of sp³-hybridized carbons (Fsp3) is 0.138. The van der Waals surface area contributed by atoms with Crippen molar-refractivity contribution in [3.05, 3.63) is 137 Å². The van der Waals surface area contributed by atoms with E-state index in [2.05, 4.69) is 5.32 Å². The lowest BCUT2D eigenvalue weighted by atomic mass is 9.94. The van der Waals surface area contributed by atoms with Crippen LogP contribution in [0.15, 0.2) is 103 Å². The van der Waals surface area contributed by atoms with Gasteiger partial charge in [0.1, 0.15) is 5.82 Å². The van der Waals surface area contributed by atoms with Gasteiger partial charge in [-0.1, -0.05) is 72.8 Å². The third-order valence-electron chi connectivity index (χ3n) is 6.00. The molecule has 4 aromatic carbocycles. The summed E-state index contributed by atoms with van der Waals surface area (Å²) >= 11 is 0. The van der Waals surface area contributed by atoms with Gasteiger partial charge in [-0.2, -0.15) is 0 Å². The lowest BCUT2D eigenvalue weighted by Crippen LogP contribution is -2.31. The number of benzene rings is 4. The van der Waals surface area contributed by atoms with Gasteiger partial charge in [-0.3, -0.25) is 9.10 Å². The maximum absolute atomic E-state index is 14.2. The monoisotopic (exact) mass is 502 g/mol. The summed E-state index contributed by atoms with van der Waals surface area (Å²) in [7, 11) is -3.70. The smallest absolute Gasteiger partial charge is 0.252 e. The largest absolute Gasteiger partial charge is 0.341 e. The molecule has 1 amide bonds. The van der Waals surface area contributed by atoms with Crippen LogP contribution in [0.25, 0.3) is 0 Å². The predicted octanol–water partition coefficient (Wildman–Crippen LogP) is 5.62. The third kappa shape index (κ3) is 5.80. The molecule has 4 rings (SSSR count). The van der Waals surface area contributed by atoms with Crippen LogP contribution in [-0.2, 0) is 16.6 Å². The highest BCUT2D eigenvalue weighted by molar-refractivity contribution is 7.92. The van der Waals surface area contributed by atoms with E-state index in [1.54, 1.807) is 42.5 Å². The van der Waals surface area contributed by atoms with E-state index in [-0.39, 0.29) is 24.1 Å². The number of halogens is 1. The minimum Gasteiger partial charge on any atom is -0.341 e. The Kier molecular flexibility index (Phi) is 7.50. The van der Waals surface area contributed by atoms with Crippen molar-refractivity contribution in [2.45, 2.75) is 19.5 Å². The van der Waals surface area contributed by atoms with Gasteiger partial charge < -0.3 is 5.32 Å². The molecule has 0 heterocycles. The lowest BCUT2D eigenvalue weighted by molar-refractivity contribution is 0.0943. The van der Waals surface area contributed by atoms with Crippen LogP contribution in [0.1, 0.15) is 38.7 Å². The minimum absolute atomic E-state index is 0.152. The van der Waals surface area contributed by atoms with Crippen LogP contribution in [0.5, 0.6) is 0 Å². The lowest BCUT2D eigenvalue weighted by Gasteiger charge is -2.24. The number of rotatable bonds is 8. The van der Waals surface area contributed by atoms with Crippen molar-refractivity contribution in [2.24, 2.45) is 0 Å². The van der Waals surface area contributed by atoms with Gasteiger partial charge in [0.15, 0.2) is 0 Å². The summed E-state index contributed by atoms with van der Waals surface area (Å²) in [6.07, 6.45) is 1.07. The molecule has 0 fully saturated rings. The van der Waals surface area contributed by atoms with Gasteiger partial charge in [0.05, 0.1) is 24.5 Å². The van der Waals surface area contributed by atoms with E-state index in [1.165, 1.54) is 6.07 Å². The summed E-state index contributed by atoms with van der Waals surface area (Å²) in [6.45, 7) is 1.85. The zero-order chi connectivity index (χ0) is 25.7. The molecule has 0 aromatic heterocycles. The highest BCUT2D eigenvalue weighted by Crippen LogP contribution is 2.26. The number of hydrogen-bond donors (Lipinski definition) is 1. The summed E-state index contributed by atoms with van der Waals surface area (Å²) in [5.41, 5.74) is 3.97. The number of hydrogen-bond acceptors (Lipinski definition) is 3. The topological polar surface area (TPSA) is 66.5 Å². The molecule has 1 atom stereocenters. The Bertz CT molecular complexity index is 1460. The maximum Gasteiger partial charge on any atom is 0.252 e. The molecule has 7 heteroatoms. The fourth-order valence-corrected chi connectivity index (χ4v) is 4.95. The average Bonchev–Trinajstić information content (AvgIpc) is 2.87. The van der Waals surface area contributed by atoms with Crippen LogP contribution in [0.4, 0.5) is 10.1 Å². The van der Waals surface area contributed by atoms with Crippen LogP contribution in [0, 0.1) is 12.7 Å². The number of sulfonamides is 1. The molecule has 5 nitrogen and oxygen atoms in total. The average molecular weight is 503 g/mol. The summed E-state index contributed by atoms with van der Waals surface area (Å²) < 4.78 is 40.3. The first-order valence-corrected chi connectivity index (χ1v) is 13.3. The fourth-order valence-electron chi connectivity index (χ4n) is 4.07. The van der Waals surface area contributed by atoms with Gasteiger partial charge in [0.2, 0.25) is 10.0 Å². The first kappa shape index (κ1) is 25.1. The molecule has 0 aliphatic carbocycles. The summed E-state index contributed by atoms with van der Waals surface area (Å²) in [6, 6.07) is 29.6. The van der Waals surface area contributed by atoms with E-state index in [0.717, 1.165) is 27.3 Å². The molecular formula is C29H27FN2O3S. The van der Waals surface area contributed by atoms with Crippen LogP contribution < -0.4 is 9.62 Å². The van der Waals surface area contributed by atoms with E-state index >= 15 is 0 Å². The zero-order valence-corrected chi connectivity index (χ0v) is 20.9. The predicted molar refractivity (Wildman–Crippen MR) is 141 cm³/mol. The van der Waals surface area contributed by atoms with Crippen LogP contribution >= 0.6 is 0 Å². The van der Waals surface area contributed by atoms with Gasteiger partial charge in [0, 0.05) is 11.1 Å². The Balaban J connectivity index is 1.60. The van der Waals surface area contributed by atoms with E-state index < -0.39 is 15.8 Å². The van der Waals surface area contributed by atoms with Crippen molar-refractivity contribution in [2.75, 3.05) is 10.6 Å². The van der Waals surface area contributed by atoms with Crippen molar-refractivity contribution in [1.82, 2.24) is 5.32 Å². The summed E-state index contributed by atoms with van der Waals surface area (Å²) in [5, 5.41) is 3.11. The Labute approximate surface area is 211 Å².